The van der Waals surface area contributed by atoms with E-state index in [9.17, 15) is 31.2 Å². The van der Waals surface area contributed by atoms with E-state index in [1.54, 1.807) is 0 Å². The van der Waals surface area contributed by atoms with Crippen molar-refractivity contribution in [3.63, 3.8) is 0 Å². The van der Waals surface area contributed by atoms with Gasteiger partial charge in [-0.1, -0.05) is 24.3 Å². The molecule has 6 nitrogen and oxygen atoms in total. The minimum atomic E-state index is -4.42. The Morgan fingerprint density at radius 3 is 1.97 bits per heavy atom. The second-order valence-electron chi connectivity index (χ2n) is 7.26. The van der Waals surface area contributed by atoms with E-state index in [-0.39, 0.29) is 42.8 Å². The predicted octanol–water partition coefficient (Wildman–Crippen LogP) is 3.45. The monoisotopic (exact) mass is 466 g/mol. The third kappa shape index (κ3) is 5.43. The highest BCUT2D eigenvalue weighted by atomic mass is 32.2. The van der Waals surface area contributed by atoms with E-state index in [0.29, 0.717) is 11.1 Å². The highest BCUT2D eigenvalue weighted by Crippen LogP contribution is 2.29. The Bertz CT molecular complexity index is 1120. The second kappa shape index (κ2) is 9.25. The number of hydrogen-bond acceptors (Lipinski definition) is 4. The average Bonchev–Trinajstić information content (AvgIpc) is 2.77. The zero-order valence-corrected chi connectivity index (χ0v) is 18.0. The standard InChI is InChI=1S/C22H21F3N2O4S/c1-16(28)18-5-9-20(10-6-18)32(30,31)27-14-12-26(13-15-27)21(29)11-4-17-2-7-19(8-3-17)22(23,24)25/h2-11H,12-15H2,1H3. The number of carbonyl (C=O) groups is 2. The van der Waals surface area contributed by atoms with Crippen molar-refractivity contribution < 1.29 is 31.2 Å². The fourth-order valence-electron chi connectivity index (χ4n) is 3.22. The summed E-state index contributed by atoms with van der Waals surface area (Å²) in [6.45, 7) is 1.97. The van der Waals surface area contributed by atoms with Crippen molar-refractivity contribution in [2.45, 2.75) is 18.0 Å². The number of Topliss-reactive ketones (excluding diaryl/α,β-unsaturated/α-hetero) is 1. The fourth-order valence-corrected chi connectivity index (χ4v) is 4.64. The molecule has 1 saturated heterocycles. The lowest BCUT2D eigenvalue weighted by Crippen LogP contribution is -2.50. The summed E-state index contributed by atoms with van der Waals surface area (Å²) in [4.78, 5) is 25.3. The first-order valence-electron chi connectivity index (χ1n) is 9.74. The van der Waals surface area contributed by atoms with Crippen molar-refractivity contribution in [2.24, 2.45) is 0 Å². The van der Waals surface area contributed by atoms with E-state index in [0.717, 1.165) is 12.1 Å². The number of amides is 1. The first-order valence-corrected chi connectivity index (χ1v) is 11.2. The molecule has 1 aliphatic rings. The van der Waals surface area contributed by atoms with Crippen molar-refractivity contribution in [1.82, 2.24) is 9.21 Å². The zero-order valence-electron chi connectivity index (χ0n) is 17.2. The van der Waals surface area contributed by atoms with Gasteiger partial charge in [-0.25, -0.2) is 8.42 Å². The van der Waals surface area contributed by atoms with Gasteiger partial charge in [-0.15, -0.1) is 0 Å². The third-order valence-electron chi connectivity index (χ3n) is 5.11. The van der Waals surface area contributed by atoms with Crippen molar-refractivity contribution in [3.05, 3.63) is 71.3 Å². The molecule has 0 saturated carbocycles. The van der Waals surface area contributed by atoms with Gasteiger partial charge in [0.2, 0.25) is 15.9 Å². The lowest BCUT2D eigenvalue weighted by Gasteiger charge is -2.33. The number of halogens is 3. The van der Waals surface area contributed by atoms with Crippen LogP contribution in [-0.4, -0.2) is 55.5 Å². The molecule has 1 heterocycles. The van der Waals surface area contributed by atoms with Crippen LogP contribution in [0.15, 0.2) is 59.5 Å². The van der Waals surface area contributed by atoms with E-state index in [1.165, 1.54) is 64.7 Å². The van der Waals surface area contributed by atoms with Crippen LogP contribution in [0.2, 0.25) is 0 Å². The molecule has 2 aromatic rings. The van der Waals surface area contributed by atoms with E-state index in [4.69, 9.17) is 0 Å². The maximum Gasteiger partial charge on any atom is 0.416 e. The predicted molar refractivity (Wildman–Crippen MR) is 112 cm³/mol. The van der Waals surface area contributed by atoms with Gasteiger partial charge in [-0.3, -0.25) is 9.59 Å². The molecular weight excluding hydrogens is 445 g/mol. The average molecular weight is 466 g/mol. The van der Waals surface area contributed by atoms with Crippen LogP contribution in [0.4, 0.5) is 13.2 Å². The Balaban J connectivity index is 1.59. The summed E-state index contributed by atoms with van der Waals surface area (Å²) >= 11 is 0. The van der Waals surface area contributed by atoms with Gasteiger partial charge in [0.25, 0.3) is 0 Å². The minimum Gasteiger partial charge on any atom is -0.337 e. The van der Waals surface area contributed by atoms with Gasteiger partial charge in [0.05, 0.1) is 10.5 Å². The number of rotatable bonds is 5. The highest BCUT2D eigenvalue weighted by molar-refractivity contribution is 7.89. The quantitative estimate of drug-likeness (QED) is 0.500. The van der Waals surface area contributed by atoms with Gasteiger partial charge in [0.15, 0.2) is 5.78 Å². The number of sulfonamides is 1. The molecule has 0 aliphatic carbocycles. The Hall–Kier alpha value is -2.98. The van der Waals surface area contributed by atoms with Gasteiger partial charge < -0.3 is 4.90 Å². The molecule has 0 spiro atoms. The van der Waals surface area contributed by atoms with E-state index < -0.39 is 21.8 Å². The second-order valence-corrected chi connectivity index (χ2v) is 9.20. The normalized spacial score (nSPS) is 15.8. The highest BCUT2D eigenvalue weighted by Gasteiger charge is 2.30. The van der Waals surface area contributed by atoms with Gasteiger partial charge in [-0.2, -0.15) is 17.5 Å². The number of piperazine rings is 1. The molecule has 1 amide bonds. The molecule has 0 bridgehead atoms. The fraction of sp³-hybridized carbons (Fsp3) is 0.273. The molecule has 32 heavy (non-hydrogen) atoms. The van der Waals surface area contributed by atoms with Crippen molar-refractivity contribution in [2.75, 3.05) is 26.2 Å². The number of nitrogens with zero attached hydrogens (tertiary/aromatic N) is 2. The largest absolute Gasteiger partial charge is 0.416 e. The van der Waals surface area contributed by atoms with E-state index >= 15 is 0 Å². The van der Waals surface area contributed by atoms with Crippen LogP contribution in [0, 0.1) is 0 Å². The molecule has 0 aromatic heterocycles. The van der Waals surface area contributed by atoms with Crippen molar-refractivity contribution >= 4 is 27.8 Å². The first kappa shape index (κ1) is 23.7. The summed E-state index contributed by atoms with van der Waals surface area (Å²) in [5, 5.41) is 0. The van der Waals surface area contributed by atoms with Crippen LogP contribution >= 0.6 is 0 Å². The number of hydrogen-bond donors (Lipinski definition) is 0. The molecule has 0 unspecified atom stereocenters. The van der Waals surface area contributed by atoms with Gasteiger partial charge in [-0.05, 0) is 42.8 Å². The van der Waals surface area contributed by atoms with Crippen LogP contribution in [0.1, 0.15) is 28.4 Å². The van der Waals surface area contributed by atoms with Crippen molar-refractivity contribution in [3.8, 4) is 0 Å². The Labute approximate surface area is 184 Å². The number of ketones is 1. The molecule has 2 aromatic carbocycles. The molecule has 10 heteroatoms. The summed E-state index contributed by atoms with van der Waals surface area (Å²) in [5.41, 5.74) is 0.0926. The Morgan fingerprint density at radius 2 is 1.47 bits per heavy atom. The molecule has 1 aliphatic heterocycles. The molecule has 0 atom stereocenters. The van der Waals surface area contributed by atoms with E-state index in [2.05, 4.69) is 0 Å². The molecule has 170 valence electrons. The minimum absolute atomic E-state index is 0.0736. The summed E-state index contributed by atoms with van der Waals surface area (Å²) in [6, 6.07) is 10.1. The Morgan fingerprint density at radius 1 is 0.906 bits per heavy atom. The molecule has 0 radical (unpaired) electrons. The van der Waals surface area contributed by atoms with E-state index in [1.807, 2.05) is 0 Å². The lowest BCUT2D eigenvalue weighted by atomic mass is 10.1. The van der Waals surface area contributed by atoms with Gasteiger partial charge in [0, 0.05) is 37.8 Å². The molecule has 0 N–H and O–H groups in total. The summed E-state index contributed by atoms with van der Waals surface area (Å²) in [6.07, 6.45) is -1.75. The molecule has 1 fully saturated rings. The zero-order chi connectivity index (χ0) is 23.5. The lowest BCUT2D eigenvalue weighted by molar-refractivity contribution is -0.137. The summed E-state index contributed by atoms with van der Waals surface area (Å²) in [7, 11) is -3.75. The SMILES string of the molecule is CC(=O)c1ccc(S(=O)(=O)N2CCN(C(=O)C=Cc3ccc(C(F)(F)F)cc3)CC2)cc1. The molecule has 3 rings (SSSR count). The van der Waals surface area contributed by atoms with Crippen LogP contribution in [0.3, 0.4) is 0 Å². The summed E-state index contributed by atoms with van der Waals surface area (Å²) < 4.78 is 64.7. The van der Waals surface area contributed by atoms with Crippen LogP contribution in [0.5, 0.6) is 0 Å². The topological polar surface area (TPSA) is 74.8 Å². The number of carbonyl (C=O) groups excluding carboxylic acids is 2. The number of alkyl halides is 3. The van der Waals surface area contributed by atoms with Crippen LogP contribution in [0.25, 0.3) is 6.08 Å². The smallest absolute Gasteiger partial charge is 0.337 e. The third-order valence-corrected chi connectivity index (χ3v) is 7.02. The van der Waals surface area contributed by atoms with Crippen molar-refractivity contribution in [1.29, 1.82) is 0 Å². The van der Waals surface area contributed by atoms with Crippen LogP contribution < -0.4 is 0 Å². The maximum absolute atomic E-state index is 12.8. The maximum atomic E-state index is 12.8. The van der Waals surface area contributed by atoms with Crippen LogP contribution in [-0.2, 0) is 21.0 Å². The van der Waals surface area contributed by atoms with Gasteiger partial charge in [0.1, 0.15) is 0 Å². The summed E-state index contributed by atoms with van der Waals surface area (Å²) in [5.74, 6) is -0.516. The van der Waals surface area contributed by atoms with Gasteiger partial charge >= 0.3 is 6.18 Å². The molecular formula is C22H21F3N2O4S. The first-order chi connectivity index (χ1) is 15.0. The number of benzene rings is 2. The Kier molecular flexibility index (Phi) is 6.85.